The first kappa shape index (κ1) is 14.7. The number of aromatic nitrogens is 2. The van der Waals surface area contributed by atoms with Gasteiger partial charge >= 0.3 is 0 Å². The van der Waals surface area contributed by atoms with E-state index in [2.05, 4.69) is 36.3 Å². The Morgan fingerprint density at radius 3 is 2.35 bits per heavy atom. The number of hydrogen-bond donors (Lipinski definition) is 3. The highest BCUT2D eigenvalue weighted by molar-refractivity contribution is 7.14. The average molecular weight is 293 g/mol. The molecule has 3 N–H and O–H groups in total. The Bertz CT molecular complexity index is 570. The van der Waals surface area contributed by atoms with Crippen LogP contribution in [0.25, 0.3) is 10.6 Å². The van der Waals surface area contributed by atoms with Gasteiger partial charge in [0, 0.05) is 30.1 Å². The summed E-state index contributed by atoms with van der Waals surface area (Å²) in [5.41, 5.74) is 0.764. The predicted molar refractivity (Wildman–Crippen MR) is 80.1 cm³/mol. The largest absolute Gasteiger partial charge is 0.508 e. The van der Waals surface area contributed by atoms with Gasteiger partial charge in [-0.05, 0) is 32.9 Å². The topological polar surface area (TPSA) is 78.3 Å². The lowest BCUT2D eigenvalue weighted by Gasteiger charge is -2.19. The summed E-state index contributed by atoms with van der Waals surface area (Å²) in [6, 6.07) is 4.42. The number of hydrogen-bond acceptors (Lipinski definition) is 6. The molecule has 5 nitrogen and oxygen atoms in total. The highest BCUT2D eigenvalue weighted by atomic mass is 32.1. The number of aromatic hydroxyl groups is 2. The smallest absolute Gasteiger partial charge is 0.148 e. The number of nitrogens with zero attached hydrogens (tertiary/aromatic N) is 2. The van der Waals surface area contributed by atoms with Crippen LogP contribution in [0.4, 0.5) is 0 Å². The van der Waals surface area contributed by atoms with Crippen molar-refractivity contribution in [1.29, 1.82) is 0 Å². The SMILES string of the molecule is CC(C)(C)NCCc1nnc(-c2cc(O)cc(O)c2)s1. The van der Waals surface area contributed by atoms with Gasteiger partial charge < -0.3 is 15.5 Å². The molecule has 0 amide bonds. The molecule has 2 aromatic rings. The Kier molecular flexibility index (Phi) is 4.25. The molecule has 0 atom stereocenters. The lowest BCUT2D eigenvalue weighted by molar-refractivity contribution is 0.429. The van der Waals surface area contributed by atoms with E-state index in [9.17, 15) is 10.2 Å². The third-order valence-electron chi connectivity index (χ3n) is 2.61. The minimum atomic E-state index is 0.0196. The van der Waals surface area contributed by atoms with Crippen LogP contribution in [0, 0.1) is 0 Å². The maximum absolute atomic E-state index is 9.48. The van der Waals surface area contributed by atoms with E-state index in [4.69, 9.17) is 0 Å². The first-order valence-corrected chi connectivity index (χ1v) is 7.26. The molecule has 0 aliphatic rings. The molecule has 0 saturated heterocycles. The van der Waals surface area contributed by atoms with Gasteiger partial charge in [0.15, 0.2) is 0 Å². The van der Waals surface area contributed by atoms with Gasteiger partial charge in [-0.1, -0.05) is 11.3 Å². The normalized spacial score (nSPS) is 11.8. The summed E-state index contributed by atoms with van der Waals surface area (Å²) in [7, 11) is 0. The molecular formula is C14H19N3O2S. The molecule has 0 aliphatic carbocycles. The highest BCUT2D eigenvalue weighted by Crippen LogP contribution is 2.30. The van der Waals surface area contributed by atoms with E-state index in [-0.39, 0.29) is 17.0 Å². The molecule has 0 bridgehead atoms. The minimum absolute atomic E-state index is 0.0196. The van der Waals surface area contributed by atoms with Crippen LogP contribution in [0.15, 0.2) is 18.2 Å². The van der Waals surface area contributed by atoms with Gasteiger partial charge in [-0.15, -0.1) is 10.2 Å². The van der Waals surface area contributed by atoms with Gasteiger partial charge in [0.25, 0.3) is 0 Å². The number of nitrogens with one attached hydrogen (secondary N) is 1. The zero-order chi connectivity index (χ0) is 14.8. The Balaban J connectivity index is 2.05. The molecule has 1 heterocycles. The molecule has 1 aromatic heterocycles. The summed E-state index contributed by atoms with van der Waals surface area (Å²) in [6.45, 7) is 7.19. The second kappa shape index (κ2) is 5.76. The maximum Gasteiger partial charge on any atom is 0.148 e. The summed E-state index contributed by atoms with van der Waals surface area (Å²) in [4.78, 5) is 0. The van der Waals surface area contributed by atoms with Crippen molar-refractivity contribution in [3.05, 3.63) is 23.2 Å². The van der Waals surface area contributed by atoms with Gasteiger partial charge in [-0.2, -0.15) is 0 Å². The third-order valence-corrected chi connectivity index (χ3v) is 3.64. The molecule has 0 radical (unpaired) electrons. The minimum Gasteiger partial charge on any atom is -0.508 e. The summed E-state index contributed by atoms with van der Waals surface area (Å²) in [5.74, 6) is 0.0392. The predicted octanol–water partition coefficient (Wildman–Crippen LogP) is 2.55. The Morgan fingerprint density at radius 2 is 1.75 bits per heavy atom. The zero-order valence-corrected chi connectivity index (χ0v) is 12.7. The molecular weight excluding hydrogens is 274 g/mol. The van der Waals surface area contributed by atoms with Crippen LogP contribution in [0.5, 0.6) is 11.5 Å². The van der Waals surface area contributed by atoms with E-state index in [0.717, 1.165) is 18.0 Å². The van der Waals surface area contributed by atoms with Crippen molar-refractivity contribution in [3.8, 4) is 22.1 Å². The van der Waals surface area contributed by atoms with Crippen molar-refractivity contribution in [2.24, 2.45) is 0 Å². The number of benzene rings is 1. The van der Waals surface area contributed by atoms with Crippen LogP contribution in [0.1, 0.15) is 25.8 Å². The van der Waals surface area contributed by atoms with Crippen LogP contribution >= 0.6 is 11.3 Å². The van der Waals surface area contributed by atoms with E-state index in [1.807, 2.05) is 0 Å². The molecule has 108 valence electrons. The molecule has 0 spiro atoms. The summed E-state index contributed by atoms with van der Waals surface area (Å²) >= 11 is 1.47. The second-order valence-corrected chi connectivity index (χ2v) is 6.73. The molecule has 20 heavy (non-hydrogen) atoms. The van der Waals surface area contributed by atoms with E-state index in [1.54, 1.807) is 12.1 Å². The molecule has 0 saturated carbocycles. The van der Waals surface area contributed by atoms with Crippen LogP contribution < -0.4 is 5.32 Å². The van der Waals surface area contributed by atoms with Crippen molar-refractivity contribution in [2.45, 2.75) is 32.7 Å². The van der Waals surface area contributed by atoms with Crippen molar-refractivity contribution in [3.63, 3.8) is 0 Å². The molecule has 2 rings (SSSR count). The van der Waals surface area contributed by atoms with E-state index >= 15 is 0 Å². The van der Waals surface area contributed by atoms with Gasteiger partial charge in [0.2, 0.25) is 0 Å². The van der Waals surface area contributed by atoms with E-state index < -0.39 is 0 Å². The van der Waals surface area contributed by atoms with Gasteiger partial charge in [0.1, 0.15) is 21.5 Å². The quantitative estimate of drug-likeness (QED) is 0.807. The fourth-order valence-corrected chi connectivity index (χ4v) is 2.56. The fraction of sp³-hybridized carbons (Fsp3) is 0.429. The summed E-state index contributed by atoms with van der Waals surface area (Å²) < 4.78 is 0. The molecule has 0 fully saturated rings. The van der Waals surface area contributed by atoms with Gasteiger partial charge in [0.05, 0.1) is 0 Å². The summed E-state index contributed by atoms with van der Waals surface area (Å²) in [6.07, 6.45) is 0.805. The third kappa shape index (κ3) is 4.18. The van der Waals surface area contributed by atoms with Crippen LogP contribution in [-0.2, 0) is 6.42 Å². The first-order valence-electron chi connectivity index (χ1n) is 6.44. The van der Waals surface area contributed by atoms with E-state index in [1.165, 1.54) is 17.4 Å². The second-order valence-electron chi connectivity index (χ2n) is 5.67. The molecule has 0 aliphatic heterocycles. The Labute approximate surface area is 122 Å². The summed E-state index contributed by atoms with van der Waals surface area (Å²) in [5, 5.41) is 32.2. The van der Waals surface area contributed by atoms with Crippen molar-refractivity contribution in [1.82, 2.24) is 15.5 Å². The molecule has 6 heteroatoms. The number of phenols is 2. The van der Waals surface area contributed by atoms with Crippen molar-refractivity contribution in [2.75, 3.05) is 6.54 Å². The monoisotopic (exact) mass is 293 g/mol. The lowest BCUT2D eigenvalue weighted by Crippen LogP contribution is -2.37. The van der Waals surface area contributed by atoms with Gasteiger partial charge in [-0.25, -0.2) is 0 Å². The van der Waals surface area contributed by atoms with Crippen molar-refractivity contribution < 1.29 is 10.2 Å². The maximum atomic E-state index is 9.48. The average Bonchev–Trinajstić information content (AvgIpc) is 2.74. The fourth-order valence-electron chi connectivity index (χ4n) is 1.73. The Hall–Kier alpha value is -1.66. The number of phenolic OH excluding ortho intramolecular Hbond substituents is 2. The van der Waals surface area contributed by atoms with Crippen molar-refractivity contribution >= 4 is 11.3 Å². The first-order chi connectivity index (χ1) is 9.33. The Morgan fingerprint density at radius 1 is 1.10 bits per heavy atom. The van der Waals surface area contributed by atoms with Gasteiger partial charge in [-0.3, -0.25) is 0 Å². The standard InChI is InChI=1S/C14H19N3O2S/c1-14(2,3)15-5-4-12-16-17-13(20-12)9-6-10(18)8-11(19)7-9/h6-8,15,18-19H,4-5H2,1-3H3. The number of rotatable bonds is 4. The molecule has 1 aromatic carbocycles. The highest BCUT2D eigenvalue weighted by Gasteiger charge is 2.11. The lowest BCUT2D eigenvalue weighted by atomic mass is 10.1. The van der Waals surface area contributed by atoms with Crippen LogP contribution in [0.3, 0.4) is 0 Å². The molecule has 0 unspecified atom stereocenters. The van der Waals surface area contributed by atoms with E-state index in [0.29, 0.717) is 10.6 Å². The van der Waals surface area contributed by atoms with Crippen LogP contribution in [-0.4, -0.2) is 32.5 Å². The van der Waals surface area contributed by atoms with Crippen LogP contribution in [0.2, 0.25) is 0 Å². The zero-order valence-electron chi connectivity index (χ0n) is 11.8.